The Bertz CT molecular complexity index is 713. The summed E-state index contributed by atoms with van der Waals surface area (Å²) in [6, 6.07) is 2.65. The summed E-state index contributed by atoms with van der Waals surface area (Å²) >= 11 is 0. The Labute approximate surface area is 124 Å². The predicted octanol–water partition coefficient (Wildman–Crippen LogP) is 0.374. The molecule has 10 nitrogen and oxygen atoms in total. The van der Waals surface area contributed by atoms with E-state index in [0.29, 0.717) is 0 Å². The average Bonchev–Trinajstić information content (AvgIpc) is 2.46. The Morgan fingerprint density at radius 2 is 1.45 bits per heavy atom. The van der Waals surface area contributed by atoms with Gasteiger partial charge in [-0.3, -0.25) is 25.0 Å². The van der Waals surface area contributed by atoms with Gasteiger partial charge in [0, 0.05) is 25.2 Å². The third kappa shape index (κ3) is 3.36. The van der Waals surface area contributed by atoms with Crippen LogP contribution in [0.3, 0.4) is 0 Å². The molecule has 0 saturated carbocycles. The number of rotatable bonds is 3. The molecular weight excluding hydrogens is 318 g/mol. The van der Waals surface area contributed by atoms with Crippen molar-refractivity contribution in [2.45, 2.75) is 0 Å². The van der Waals surface area contributed by atoms with E-state index in [1.165, 1.54) is 4.90 Å². The quantitative estimate of drug-likeness (QED) is 0.576. The number of hydrogen-bond acceptors (Lipinski definition) is 7. The van der Waals surface area contributed by atoms with Crippen LogP contribution in [0.15, 0.2) is 18.2 Å². The van der Waals surface area contributed by atoms with E-state index in [1.54, 1.807) is 0 Å². The molecule has 0 radical (unpaired) electrons. The Hall–Kier alpha value is -2.56. The summed E-state index contributed by atoms with van der Waals surface area (Å²) in [6.07, 6.45) is 0. The zero-order chi connectivity index (χ0) is 16.5. The fraction of sp³-hybridized carbons (Fsp3) is 0.364. The number of nitrogens with zero attached hydrogens (tertiary/aromatic N) is 3. The molecule has 0 aromatic heterocycles. The summed E-state index contributed by atoms with van der Waals surface area (Å²) in [6.45, 7) is -0.0880. The van der Waals surface area contributed by atoms with Crippen LogP contribution in [0.25, 0.3) is 0 Å². The molecule has 1 saturated heterocycles. The number of carbonyl (C=O) groups excluding carboxylic acids is 1. The van der Waals surface area contributed by atoms with Crippen LogP contribution >= 0.6 is 0 Å². The molecule has 0 spiro atoms. The molecular formula is C11H11N3O7S. The molecule has 1 aliphatic rings. The van der Waals surface area contributed by atoms with Crippen molar-refractivity contribution in [2.24, 2.45) is 0 Å². The van der Waals surface area contributed by atoms with Crippen molar-refractivity contribution in [3.05, 3.63) is 44.0 Å². The normalized spacial score (nSPS) is 17.0. The summed E-state index contributed by atoms with van der Waals surface area (Å²) in [5, 5.41) is 21.6. The first-order valence-electron chi connectivity index (χ1n) is 6.13. The van der Waals surface area contributed by atoms with Gasteiger partial charge in [0.25, 0.3) is 17.3 Å². The van der Waals surface area contributed by atoms with E-state index in [-0.39, 0.29) is 30.2 Å². The van der Waals surface area contributed by atoms with E-state index < -0.39 is 37.0 Å². The van der Waals surface area contributed by atoms with Crippen molar-refractivity contribution in [1.29, 1.82) is 0 Å². The van der Waals surface area contributed by atoms with Gasteiger partial charge >= 0.3 is 0 Å². The van der Waals surface area contributed by atoms with Crippen LogP contribution in [0.4, 0.5) is 11.4 Å². The first kappa shape index (κ1) is 15.8. The number of nitro benzene ring substituents is 2. The summed E-state index contributed by atoms with van der Waals surface area (Å²) in [7, 11) is -3.18. The van der Waals surface area contributed by atoms with E-state index in [0.717, 1.165) is 18.2 Å². The Balaban J connectivity index is 2.33. The molecule has 0 unspecified atom stereocenters. The van der Waals surface area contributed by atoms with Crippen LogP contribution in [-0.4, -0.2) is 53.7 Å². The highest BCUT2D eigenvalue weighted by atomic mass is 32.2. The predicted molar refractivity (Wildman–Crippen MR) is 74.3 cm³/mol. The van der Waals surface area contributed by atoms with E-state index in [9.17, 15) is 33.4 Å². The minimum Gasteiger partial charge on any atom is -0.337 e. The SMILES string of the molecule is O=C(c1cc([N+](=O)[O-])cc([N+](=O)[O-])c1)N1CCS(=O)(=O)CC1. The summed E-state index contributed by atoms with van der Waals surface area (Å²) in [5.74, 6) is -1.06. The zero-order valence-electron chi connectivity index (χ0n) is 11.2. The fourth-order valence-electron chi connectivity index (χ4n) is 2.03. The molecule has 11 heteroatoms. The highest BCUT2D eigenvalue weighted by Gasteiger charge is 2.28. The first-order valence-corrected chi connectivity index (χ1v) is 7.95. The van der Waals surface area contributed by atoms with Gasteiger partial charge in [0.15, 0.2) is 9.84 Å². The molecule has 1 amide bonds. The van der Waals surface area contributed by atoms with Crippen LogP contribution in [0.1, 0.15) is 10.4 Å². The van der Waals surface area contributed by atoms with Crippen LogP contribution < -0.4 is 0 Å². The number of amides is 1. The van der Waals surface area contributed by atoms with Gasteiger partial charge in [0.05, 0.1) is 33.0 Å². The second kappa shape index (κ2) is 5.67. The van der Waals surface area contributed by atoms with E-state index in [2.05, 4.69) is 0 Å². The molecule has 2 rings (SSSR count). The maximum absolute atomic E-state index is 12.2. The number of hydrogen-bond donors (Lipinski definition) is 0. The lowest BCUT2D eigenvalue weighted by Crippen LogP contribution is -2.43. The number of nitro groups is 2. The maximum atomic E-state index is 12.2. The molecule has 0 atom stereocenters. The van der Waals surface area contributed by atoms with E-state index in [1.807, 2.05) is 0 Å². The van der Waals surface area contributed by atoms with Crippen LogP contribution in [0, 0.1) is 20.2 Å². The monoisotopic (exact) mass is 329 g/mol. The molecule has 1 fully saturated rings. The zero-order valence-corrected chi connectivity index (χ0v) is 12.0. The van der Waals surface area contributed by atoms with Gasteiger partial charge < -0.3 is 4.90 Å². The standard InChI is InChI=1S/C11H11N3O7S/c15-11(12-1-3-22(20,21)4-2-12)8-5-9(13(16)17)7-10(6-8)14(18)19/h5-7H,1-4H2. The van der Waals surface area contributed by atoms with Crippen molar-refractivity contribution < 1.29 is 23.1 Å². The van der Waals surface area contributed by atoms with Gasteiger partial charge in [-0.25, -0.2) is 8.42 Å². The average molecular weight is 329 g/mol. The van der Waals surface area contributed by atoms with Crippen molar-refractivity contribution in [3.8, 4) is 0 Å². The second-order valence-corrected chi connectivity index (χ2v) is 7.00. The van der Waals surface area contributed by atoms with Crippen LogP contribution in [-0.2, 0) is 9.84 Å². The van der Waals surface area contributed by atoms with Gasteiger partial charge in [-0.05, 0) is 0 Å². The van der Waals surface area contributed by atoms with Gasteiger partial charge in [0.1, 0.15) is 0 Å². The summed E-state index contributed by atoms with van der Waals surface area (Å²) in [5.41, 5.74) is -1.34. The van der Waals surface area contributed by atoms with Crippen molar-refractivity contribution in [2.75, 3.05) is 24.6 Å². The topological polar surface area (TPSA) is 141 Å². The molecule has 1 aliphatic heterocycles. The third-order valence-corrected chi connectivity index (χ3v) is 4.81. The Morgan fingerprint density at radius 1 is 1.00 bits per heavy atom. The van der Waals surface area contributed by atoms with Crippen molar-refractivity contribution in [1.82, 2.24) is 4.90 Å². The lowest BCUT2D eigenvalue weighted by molar-refractivity contribution is -0.394. The van der Waals surface area contributed by atoms with Gasteiger partial charge in [-0.2, -0.15) is 0 Å². The molecule has 0 aliphatic carbocycles. The lowest BCUT2D eigenvalue weighted by Gasteiger charge is -2.26. The van der Waals surface area contributed by atoms with Crippen LogP contribution in [0.5, 0.6) is 0 Å². The molecule has 1 heterocycles. The van der Waals surface area contributed by atoms with Gasteiger partial charge in [-0.15, -0.1) is 0 Å². The number of non-ortho nitro benzene ring substituents is 2. The molecule has 118 valence electrons. The Morgan fingerprint density at radius 3 is 1.86 bits per heavy atom. The summed E-state index contributed by atoms with van der Waals surface area (Å²) < 4.78 is 22.7. The Kier molecular flexibility index (Phi) is 4.08. The molecule has 1 aromatic rings. The number of benzene rings is 1. The van der Waals surface area contributed by atoms with Gasteiger partial charge in [-0.1, -0.05) is 0 Å². The van der Waals surface area contributed by atoms with Gasteiger partial charge in [0.2, 0.25) is 0 Å². The third-order valence-electron chi connectivity index (χ3n) is 3.20. The first-order chi connectivity index (χ1) is 10.2. The summed E-state index contributed by atoms with van der Waals surface area (Å²) in [4.78, 5) is 33.4. The second-order valence-electron chi connectivity index (χ2n) is 4.70. The highest BCUT2D eigenvalue weighted by molar-refractivity contribution is 7.91. The van der Waals surface area contributed by atoms with Crippen LogP contribution in [0.2, 0.25) is 0 Å². The fourth-order valence-corrected chi connectivity index (χ4v) is 3.23. The molecule has 0 N–H and O–H groups in total. The van der Waals surface area contributed by atoms with E-state index >= 15 is 0 Å². The van der Waals surface area contributed by atoms with E-state index in [4.69, 9.17) is 0 Å². The maximum Gasteiger partial charge on any atom is 0.277 e. The molecule has 22 heavy (non-hydrogen) atoms. The van der Waals surface area contributed by atoms with Crippen molar-refractivity contribution in [3.63, 3.8) is 0 Å². The number of carbonyl (C=O) groups is 1. The highest BCUT2D eigenvalue weighted by Crippen LogP contribution is 2.24. The molecule has 1 aromatic carbocycles. The minimum absolute atomic E-state index is 0.0440. The van der Waals surface area contributed by atoms with Crippen molar-refractivity contribution >= 4 is 27.1 Å². The lowest BCUT2D eigenvalue weighted by atomic mass is 10.1. The number of sulfone groups is 1. The minimum atomic E-state index is -3.18. The molecule has 0 bridgehead atoms. The smallest absolute Gasteiger partial charge is 0.277 e. The largest absolute Gasteiger partial charge is 0.337 e.